The molecule has 32 heavy (non-hydrogen) atoms. The topological polar surface area (TPSA) is 88.3 Å². The molecular formula is C21H18F6N2O3. The lowest BCUT2D eigenvalue weighted by atomic mass is 9.77. The van der Waals surface area contributed by atoms with Crippen molar-refractivity contribution in [3.8, 4) is 5.75 Å². The maximum atomic E-state index is 12.6. The molecule has 1 aromatic heterocycles. The van der Waals surface area contributed by atoms with Crippen LogP contribution >= 0.6 is 0 Å². The van der Waals surface area contributed by atoms with E-state index in [1.165, 1.54) is 0 Å². The van der Waals surface area contributed by atoms with Crippen LogP contribution in [0.2, 0.25) is 0 Å². The van der Waals surface area contributed by atoms with Crippen LogP contribution in [0, 0.1) is 0 Å². The molecular weight excluding hydrogens is 442 g/mol. The number of aromatic amines is 1. The number of halogens is 6. The van der Waals surface area contributed by atoms with E-state index in [1.54, 1.807) is 18.3 Å². The monoisotopic (exact) mass is 460 g/mol. The van der Waals surface area contributed by atoms with Gasteiger partial charge >= 0.3 is 18.3 Å². The van der Waals surface area contributed by atoms with Gasteiger partial charge in [-0.3, -0.25) is 0 Å². The lowest BCUT2D eigenvalue weighted by Gasteiger charge is -2.35. The molecule has 0 aliphatic heterocycles. The number of hydrogen-bond acceptors (Lipinski definition) is 3. The molecule has 1 aliphatic rings. The van der Waals surface area contributed by atoms with Crippen molar-refractivity contribution in [2.45, 2.75) is 37.2 Å². The number of rotatable bonds is 3. The van der Waals surface area contributed by atoms with Crippen LogP contribution in [0.3, 0.4) is 0 Å². The number of benzene rings is 2. The highest BCUT2D eigenvalue weighted by molar-refractivity contribution is 5.92. The van der Waals surface area contributed by atoms with Gasteiger partial charge in [-0.15, -0.1) is 0 Å². The van der Waals surface area contributed by atoms with E-state index in [0.29, 0.717) is 5.69 Å². The van der Waals surface area contributed by atoms with E-state index in [4.69, 9.17) is 20.4 Å². The maximum Gasteiger partial charge on any atom is 0.490 e. The SMILES string of the molecule is Nc1c[nH]c2ccc(O[C@H]3C[C@H](c4ccc(C(F)(F)F)cc4)C3)cc12.O=C(O)C(F)(F)F. The van der Waals surface area contributed by atoms with E-state index < -0.39 is 23.9 Å². The third-order valence-electron chi connectivity index (χ3n) is 5.03. The van der Waals surface area contributed by atoms with E-state index in [-0.39, 0.29) is 12.0 Å². The zero-order valence-electron chi connectivity index (χ0n) is 16.3. The van der Waals surface area contributed by atoms with Gasteiger partial charge in [0, 0.05) is 17.1 Å². The predicted molar refractivity (Wildman–Crippen MR) is 104 cm³/mol. The summed E-state index contributed by atoms with van der Waals surface area (Å²) in [5.41, 5.74) is 7.85. The second kappa shape index (κ2) is 8.64. The van der Waals surface area contributed by atoms with E-state index in [9.17, 15) is 26.3 Å². The fourth-order valence-electron chi connectivity index (χ4n) is 3.27. The second-order valence-electron chi connectivity index (χ2n) is 7.28. The Hall–Kier alpha value is -3.37. The number of alkyl halides is 6. The molecule has 0 bridgehead atoms. The van der Waals surface area contributed by atoms with Crippen LogP contribution in [0.1, 0.15) is 29.9 Å². The number of nitrogens with two attached hydrogens (primary N) is 1. The van der Waals surface area contributed by atoms with Crippen LogP contribution in [-0.4, -0.2) is 28.3 Å². The lowest BCUT2D eigenvalue weighted by Crippen LogP contribution is -2.32. The normalized spacial score (nSPS) is 18.4. The Labute approximate surface area is 177 Å². The predicted octanol–water partition coefficient (Wildman–Crippen LogP) is 5.73. The van der Waals surface area contributed by atoms with Crippen LogP contribution in [0.25, 0.3) is 10.9 Å². The number of aliphatic carboxylic acids is 1. The molecule has 2 aromatic carbocycles. The number of carboxylic acid groups (broad SMARTS) is 1. The number of carboxylic acids is 1. The maximum absolute atomic E-state index is 12.6. The molecule has 1 heterocycles. The molecule has 1 aliphatic carbocycles. The molecule has 4 N–H and O–H groups in total. The number of aromatic nitrogens is 1. The number of carbonyl (C=O) groups is 1. The average Bonchev–Trinajstić information content (AvgIpc) is 3.04. The van der Waals surface area contributed by atoms with Crippen molar-refractivity contribution in [2.24, 2.45) is 0 Å². The highest BCUT2D eigenvalue weighted by Crippen LogP contribution is 2.40. The number of nitrogen functional groups attached to an aromatic ring is 1. The van der Waals surface area contributed by atoms with Gasteiger partial charge in [0.05, 0.1) is 17.4 Å². The molecule has 0 radical (unpaired) electrons. The summed E-state index contributed by atoms with van der Waals surface area (Å²) >= 11 is 0. The van der Waals surface area contributed by atoms with E-state index in [1.807, 2.05) is 18.2 Å². The van der Waals surface area contributed by atoms with Gasteiger partial charge in [0.15, 0.2) is 0 Å². The summed E-state index contributed by atoms with van der Waals surface area (Å²) in [5, 5.41) is 8.05. The average molecular weight is 460 g/mol. The van der Waals surface area contributed by atoms with Gasteiger partial charge < -0.3 is 20.6 Å². The minimum absolute atomic E-state index is 0.0740. The Morgan fingerprint density at radius 1 is 1.03 bits per heavy atom. The van der Waals surface area contributed by atoms with Crippen molar-refractivity contribution in [1.82, 2.24) is 4.98 Å². The van der Waals surface area contributed by atoms with Crippen LogP contribution in [0.5, 0.6) is 5.75 Å². The second-order valence-corrected chi connectivity index (χ2v) is 7.28. The lowest BCUT2D eigenvalue weighted by molar-refractivity contribution is -0.192. The van der Waals surface area contributed by atoms with Gasteiger partial charge in [-0.25, -0.2) is 4.79 Å². The van der Waals surface area contributed by atoms with Gasteiger partial charge in [0.1, 0.15) is 5.75 Å². The summed E-state index contributed by atoms with van der Waals surface area (Å²) in [5.74, 6) is -1.75. The third kappa shape index (κ3) is 5.45. The van der Waals surface area contributed by atoms with Crippen LogP contribution in [-0.2, 0) is 11.0 Å². The molecule has 0 unspecified atom stereocenters. The minimum atomic E-state index is -5.08. The standard InChI is InChI=1S/C19H17F3N2O.C2HF3O2/c20-19(21,22)13-3-1-11(2-4-13)12-7-15(8-12)25-14-5-6-18-16(9-14)17(23)10-24-18;3-2(4,5)1(6)7/h1-6,9-10,12,15,24H,7-8,23H2;(H,6,7)/t12-,15-;. The summed E-state index contributed by atoms with van der Waals surface area (Å²) in [4.78, 5) is 12.0. The number of ether oxygens (including phenoxy) is 1. The molecule has 0 saturated heterocycles. The first kappa shape index (κ1) is 23.3. The molecule has 172 valence electrons. The van der Waals surface area contributed by atoms with Crippen LogP contribution < -0.4 is 10.5 Å². The molecule has 1 saturated carbocycles. The number of hydrogen-bond donors (Lipinski definition) is 3. The van der Waals surface area contributed by atoms with Crippen molar-refractivity contribution in [1.29, 1.82) is 0 Å². The largest absolute Gasteiger partial charge is 0.490 e. The van der Waals surface area contributed by atoms with Gasteiger partial charge in [-0.1, -0.05) is 12.1 Å². The number of H-pyrrole nitrogens is 1. The first-order chi connectivity index (χ1) is 14.8. The fourth-order valence-corrected chi connectivity index (χ4v) is 3.27. The van der Waals surface area contributed by atoms with E-state index in [2.05, 4.69) is 4.98 Å². The van der Waals surface area contributed by atoms with E-state index in [0.717, 1.165) is 47.2 Å². The molecule has 3 aromatic rings. The van der Waals surface area contributed by atoms with Crippen LogP contribution in [0.15, 0.2) is 48.7 Å². The number of anilines is 1. The summed E-state index contributed by atoms with van der Waals surface area (Å²) < 4.78 is 75.5. The Kier molecular flexibility index (Phi) is 6.29. The molecule has 0 spiro atoms. The summed E-state index contributed by atoms with van der Waals surface area (Å²) in [6.45, 7) is 0. The van der Waals surface area contributed by atoms with Crippen molar-refractivity contribution in [3.05, 3.63) is 59.8 Å². The Balaban J connectivity index is 0.000000360. The highest BCUT2D eigenvalue weighted by atomic mass is 19.4. The van der Waals surface area contributed by atoms with Gasteiger partial charge in [-0.2, -0.15) is 26.3 Å². The Bertz CT molecular complexity index is 1080. The first-order valence-electron chi connectivity index (χ1n) is 9.35. The van der Waals surface area contributed by atoms with Gasteiger partial charge in [0.25, 0.3) is 0 Å². The molecule has 5 nitrogen and oxygen atoms in total. The summed E-state index contributed by atoms with van der Waals surface area (Å²) in [7, 11) is 0. The molecule has 0 atom stereocenters. The quantitative estimate of drug-likeness (QED) is 0.436. The molecule has 0 amide bonds. The Morgan fingerprint density at radius 3 is 2.16 bits per heavy atom. The first-order valence-corrected chi connectivity index (χ1v) is 9.35. The fraction of sp³-hybridized carbons (Fsp3) is 0.286. The highest BCUT2D eigenvalue weighted by Gasteiger charge is 2.38. The zero-order chi connectivity index (χ0) is 23.7. The number of fused-ring (bicyclic) bond motifs is 1. The van der Waals surface area contributed by atoms with Crippen molar-refractivity contribution < 1.29 is 41.0 Å². The minimum Gasteiger partial charge on any atom is -0.490 e. The zero-order valence-corrected chi connectivity index (χ0v) is 16.3. The molecule has 1 fully saturated rings. The van der Waals surface area contributed by atoms with Crippen molar-refractivity contribution in [3.63, 3.8) is 0 Å². The van der Waals surface area contributed by atoms with Gasteiger partial charge in [0.2, 0.25) is 0 Å². The number of nitrogens with one attached hydrogen (secondary N) is 1. The van der Waals surface area contributed by atoms with Crippen molar-refractivity contribution >= 4 is 22.6 Å². The summed E-state index contributed by atoms with van der Waals surface area (Å²) in [6.07, 6.45) is -5.95. The summed E-state index contributed by atoms with van der Waals surface area (Å²) in [6, 6.07) is 11.1. The smallest absolute Gasteiger partial charge is 0.490 e. The molecule has 11 heteroatoms. The van der Waals surface area contributed by atoms with Crippen LogP contribution in [0.4, 0.5) is 32.0 Å². The van der Waals surface area contributed by atoms with Gasteiger partial charge in [-0.05, 0) is 54.7 Å². The third-order valence-corrected chi connectivity index (χ3v) is 5.03. The van der Waals surface area contributed by atoms with E-state index >= 15 is 0 Å². The van der Waals surface area contributed by atoms with Crippen molar-refractivity contribution in [2.75, 3.05) is 5.73 Å². The molecule has 4 rings (SSSR count). The Morgan fingerprint density at radius 2 is 1.62 bits per heavy atom.